The van der Waals surface area contributed by atoms with Gasteiger partial charge in [0.25, 0.3) is 5.56 Å². The molecular weight excluding hydrogens is 326 g/mol. The lowest BCUT2D eigenvalue weighted by atomic mass is 9.94. The molecule has 2 aromatic carbocycles. The number of nitrogens with zero attached hydrogens (tertiary/aromatic N) is 3. The molecule has 0 saturated carbocycles. The minimum atomic E-state index is -0.168. The van der Waals surface area contributed by atoms with E-state index in [1.165, 1.54) is 22.0 Å². The molecule has 1 aliphatic rings. The van der Waals surface area contributed by atoms with Crippen LogP contribution in [0.4, 0.5) is 0 Å². The van der Waals surface area contributed by atoms with E-state index in [1.54, 1.807) is 12.1 Å². The highest BCUT2D eigenvalue weighted by molar-refractivity contribution is 5.79. The Hall–Kier alpha value is -2.95. The summed E-state index contributed by atoms with van der Waals surface area (Å²) in [5.41, 5.74) is 3.06. The molecule has 26 heavy (non-hydrogen) atoms. The van der Waals surface area contributed by atoms with Crippen molar-refractivity contribution in [2.24, 2.45) is 0 Å². The van der Waals surface area contributed by atoms with Crippen molar-refractivity contribution in [1.29, 1.82) is 0 Å². The molecule has 4 rings (SSSR count). The SMILES string of the molecule is Cc1ccccc1C1CCN(C(=O)Cn2cnc3ccccc3c2=O)C1. The Balaban J connectivity index is 1.50. The van der Waals surface area contributed by atoms with Gasteiger partial charge in [0.2, 0.25) is 5.91 Å². The normalized spacial score (nSPS) is 17.0. The molecule has 0 aliphatic carbocycles. The standard InChI is InChI=1S/C21H21N3O2/c1-15-6-2-3-7-17(15)16-10-11-23(12-16)20(25)13-24-14-22-19-9-5-4-8-18(19)21(24)26/h2-9,14,16H,10-13H2,1H3. The van der Waals surface area contributed by atoms with Gasteiger partial charge >= 0.3 is 0 Å². The van der Waals surface area contributed by atoms with Gasteiger partial charge in [0, 0.05) is 19.0 Å². The fourth-order valence-corrected chi connectivity index (χ4v) is 3.75. The minimum Gasteiger partial charge on any atom is -0.341 e. The Morgan fingerprint density at radius 2 is 1.92 bits per heavy atom. The molecule has 5 heteroatoms. The zero-order chi connectivity index (χ0) is 18.1. The predicted octanol–water partition coefficient (Wildman–Crippen LogP) is 2.72. The average molecular weight is 347 g/mol. The molecule has 5 nitrogen and oxygen atoms in total. The molecule has 1 aromatic heterocycles. The van der Waals surface area contributed by atoms with Crippen LogP contribution in [0.15, 0.2) is 59.7 Å². The summed E-state index contributed by atoms with van der Waals surface area (Å²) < 4.78 is 1.41. The second-order valence-electron chi connectivity index (χ2n) is 6.88. The van der Waals surface area contributed by atoms with Gasteiger partial charge in [0.1, 0.15) is 6.54 Å². The number of carbonyl (C=O) groups is 1. The Bertz CT molecular complexity index is 1020. The topological polar surface area (TPSA) is 55.2 Å². The van der Waals surface area contributed by atoms with Crippen molar-refractivity contribution in [2.45, 2.75) is 25.8 Å². The van der Waals surface area contributed by atoms with Crippen LogP contribution in [-0.4, -0.2) is 33.4 Å². The van der Waals surface area contributed by atoms with Crippen molar-refractivity contribution in [2.75, 3.05) is 13.1 Å². The number of fused-ring (bicyclic) bond motifs is 1. The highest BCUT2D eigenvalue weighted by atomic mass is 16.2. The van der Waals surface area contributed by atoms with E-state index >= 15 is 0 Å². The van der Waals surface area contributed by atoms with Crippen molar-refractivity contribution in [1.82, 2.24) is 14.5 Å². The average Bonchev–Trinajstić information content (AvgIpc) is 3.15. The van der Waals surface area contributed by atoms with Crippen LogP contribution in [0.5, 0.6) is 0 Å². The van der Waals surface area contributed by atoms with Gasteiger partial charge in [-0.05, 0) is 36.6 Å². The summed E-state index contributed by atoms with van der Waals surface area (Å²) in [6.45, 7) is 3.59. The van der Waals surface area contributed by atoms with Crippen LogP contribution >= 0.6 is 0 Å². The monoisotopic (exact) mass is 347 g/mol. The highest BCUT2D eigenvalue weighted by Crippen LogP contribution is 2.29. The third kappa shape index (κ3) is 3.01. The maximum atomic E-state index is 12.7. The van der Waals surface area contributed by atoms with Crippen LogP contribution in [-0.2, 0) is 11.3 Å². The number of rotatable bonds is 3. The predicted molar refractivity (Wildman–Crippen MR) is 101 cm³/mol. The van der Waals surface area contributed by atoms with Gasteiger partial charge in [0.05, 0.1) is 17.2 Å². The van der Waals surface area contributed by atoms with Crippen molar-refractivity contribution >= 4 is 16.8 Å². The van der Waals surface area contributed by atoms with Gasteiger partial charge < -0.3 is 4.90 Å². The van der Waals surface area contributed by atoms with Crippen LogP contribution in [0.25, 0.3) is 10.9 Å². The summed E-state index contributed by atoms with van der Waals surface area (Å²) in [5, 5.41) is 0.544. The van der Waals surface area contributed by atoms with Crippen molar-refractivity contribution < 1.29 is 4.79 Å². The number of hydrogen-bond acceptors (Lipinski definition) is 3. The smallest absolute Gasteiger partial charge is 0.261 e. The number of likely N-dealkylation sites (tertiary alicyclic amines) is 1. The highest BCUT2D eigenvalue weighted by Gasteiger charge is 2.28. The Kier molecular flexibility index (Phi) is 4.29. The van der Waals surface area contributed by atoms with E-state index in [0.717, 1.165) is 13.0 Å². The molecule has 1 atom stereocenters. The van der Waals surface area contributed by atoms with Gasteiger partial charge in [-0.25, -0.2) is 4.98 Å². The maximum Gasteiger partial charge on any atom is 0.261 e. The number of benzene rings is 2. The molecule has 1 aliphatic heterocycles. The van der Waals surface area contributed by atoms with Gasteiger partial charge in [-0.15, -0.1) is 0 Å². The summed E-state index contributed by atoms with van der Waals surface area (Å²) in [6, 6.07) is 15.5. The summed E-state index contributed by atoms with van der Waals surface area (Å²) in [6.07, 6.45) is 2.43. The Labute approximate surface area is 151 Å². The molecular formula is C21H21N3O2. The van der Waals surface area contributed by atoms with Crippen LogP contribution in [0.1, 0.15) is 23.5 Å². The third-order valence-corrected chi connectivity index (χ3v) is 5.21. The Morgan fingerprint density at radius 3 is 2.77 bits per heavy atom. The van der Waals surface area contributed by atoms with E-state index in [2.05, 4.69) is 24.0 Å². The van der Waals surface area contributed by atoms with Crippen molar-refractivity contribution in [3.63, 3.8) is 0 Å². The van der Waals surface area contributed by atoms with Crippen LogP contribution in [0, 0.1) is 6.92 Å². The summed E-state index contributed by atoms with van der Waals surface area (Å²) in [5.74, 6) is 0.340. The van der Waals surface area contributed by atoms with E-state index in [1.807, 2.05) is 29.2 Å². The second-order valence-corrected chi connectivity index (χ2v) is 6.88. The fourth-order valence-electron chi connectivity index (χ4n) is 3.75. The van der Waals surface area contributed by atoms with E-state index in [-0.39, 0.29) is 18.0 Å². The molecule has 3 aromatic rings. The lowest BCUT2D eigenvalue weighted by Crippen LogP contribution is -2.35. The number of para-hydroxylation sites is 1. The molecule has 1 saturated heterocycles. The van der Waals surface area contributed by atoms with Gasteiger partial charge in [-0.3, -0.25) is 14.2 Å². The molecule has 132 valence electrons. The van der Waals surface area contributed by atoms with Gasteiger partial charge in [0.15, 0.2) is 0 Å². The first-order valence-corrected chi connectivity index (χ1v) is 8.91. The van der Waals surface area contributed by atoms with Crippen LogP contribution < -0.4 is 5.56 Å². The summed E-state index contributed by atoms with van der Waals surface area (Å²) >= 11 is 0. The van der Waals surface area contributed by atoms with E-state index in [0.29, 0.717) is 23.4 Å². The fraction of sp³-hybridized carbons (Fsp3) is 0.286. The molecule has 1 fully saturated rings. The first kappa shape index (κ1) is 16.5. The van der Waals surface area contributed by atoms with Crippen molar-refractivity contribution in [3.8, 4) is 0 Å². The molecule has 2 heterocycles. The number of aromatic nitrogens is 2. The van der Waals surface area contributed by atoms with Gasteiger partial charge in [-0.2, -0.15) is 0 Å². The van der Waals surface area contributed by atoms with Gasteiger partial charge in [-0.1, -0.05) is 36.4 Å². The number of carbonyl (C=O) groups excluding carboxylic acids is 1. The largest absolute Gasteiger partial charge is 0.341 e. The zero-order valence-electron chi connectivity index (χ0n) is 14.8. The number of hydrogen-bond donors (Lipinski definition) is 0. The van der Waals surface area contributed by atoms with Crippen molar-refractivity contribution in [3.05, 3.63) is 76.3 Å². The molecule has 0 N–H and O–H groups in total. The zero-order valence-corrected chi connectivity index (χ0v) is 14.8. The molecule has 1 amide bonds. The van der Waals surface area contributed by atoms with Crippen LogP contribution in [0.3, 0.4) is 0 Å². The second kappa shape index (κ2) is 6.75. The van der Waals surface area contributed by atoms with E-state index in [9.17, 15) is 9.59 Å². The molecule has 0 bridgehead atoms. The number of aryl methyl sites for hydroxylation is 1. The summed E-state index contributed by atoms with van der Waals surface area (Å²) in [4.78, 5) is 31.4. The summed E-state index contributed by atoms with van der Waals surface area (Å²) in [7, 11) is 0. The lowest BCUT2D eigenvalue weighted by molar-refractivity contribution is -0.130. The Morgan fingerprint density at radius 1 is 1.15 bits per heavy atom. The third-order valence-electron chi connectivity index (χ3n) is 5.21. The minimum absolute atomic E-state index is 0.0275. The number of amides is 1. The quantitative estimate of drug-likeness (QED) is 0.732. The molecule has 1 unspecified atom stereocenters. The molecule has 0 spiro atoms. The van der Waals surface area contributed by atoms with Crippen LogP contribution in [0.2, 0.25) is 0 Å². The first-order valence-electron chi connectivity index (χ1n) is 8.91. The first-order chi connectivity index (χ1) is 12.6. The van der Waals surface area contributed by atoms with E-state index < -0.39 is 0 Å². The molecule has 0 radical (unpaired) electrons. The lowest BCUT2D eigenvalue weighted by Gasteiger charge is -2.18. The maximum absolute atomic E-state index is 12.7. The van der Waals surface area contributed by atoms with E-state index in [4.69, 9.17) is 0 Å².